The van der Waals surface area contributed by atoms with E-state index in [9.17, 15) is 15.0 Å². The molecule has 15 aliphatic carbocycles. The molecule has 2 N–H and O–H groups in total. The quantitative estimate of drug-likeness (QED) is 0.220. The zero-order chi connectivity index (χ0) is 76.1. The fraction of sp³-hybridized carbons (Fsp3) is 0.832. The van der Waals surface area contributed by atoms with Crippen LogP contribution in [0.1, 0.15) is 355 Å². The minimum Gasteiger partial charge on any atom is -0.458 e. The summed E-state index contributed by atoms with van der Waals surface area (Å²) in [4.78, 5) is 13.1. The van der Waals surface area contributed by atoms with Crippen molar-refractivity contribution in [2.45, 2.75) is 363 Å². The molecule has 4 nitrogen and oxygen atoms in total. The number of fused-ring (bicyclic) bond motifs is 21. The van der Waals surface area contributed by atoms with Crippen LogP contribution in [0.4, 0.5) is 0 Å². The zero-order valence-corrected chi connectivity index (χ0v) is 71.8. The van der Waals surface area contributed by atoms with Crippen LogP contribution in [0, 0.1) is 164 Å². The molecule has 1 aromatic rings. The van der Waals surface area contributed by atoms with Gasteiger partial charge in [0.15, 0.2) is 0 Å². The van der Waals surface area contributed by atoms with E-state index < -0.39 is 0 Å². The Bertz CT molecular complexity index is 3420. The second-order valence-corrected chi connectivity index (χ2v) is 46.6. The van der Waals surface area contributed by atoms with Crippen LogP contribution in [0.15, 0.2) is 90.6 Å². The summed E-state index contributed by atoms with van der Waals surface area (Å²) >= 11 is 0. The van der Waals surface area contributed by atoms with E-state index in [-0.39, 0.29) is 45.9 Å². The van der Waals surface area contributed by atoms with E-state index in [1.165, 1.54) is 185 Å². The first kappa shape index (κ1) is 79.0. The van der Waals surface area contributed by atoms with Crippen LogP contribution in [0.25, 0.3) is 0 Å². The third-order valence-corrected chi connectivity index (χ3v) is 41.5. The molecule has 1 aromatic carbocycles. The van der Waals surface area contributed by atoms with Crippen molar-refractivity contribution in [3.63, 3.8) is 0 Å². The largest absolute Gasteiger partial charge is 0.458 e. The summed E-state index contributed by atoms with van der Waals surface area (Å²) in [7, 11) is 0. The van der Waals surface area contributed by atoms with Crippen LogP contribution >= 0.6 is 0 Å². The number of aliphatic hydroxyl groups is 2. The van der Waals surface area contributed by atoms with Gasteiger partial charge in [-0.3, -0.25) is 0 Å². The Morgan fingerprint density at radius 1 is 0.438 bits per heavy atom. The molecule has 15 aliphatic rings. The fourth-order valence-electron chi connectivity index (χ4n) is 35.1. The number of carbonyl (C=O) groups is 1. The van der Waals surface area contributed by atoms with Crippen molar-refractivity contribution in [1.82, 2.24) is 0 Å². The van der Waals surface area contributed by atoms with Crippen molar-refractivity contribution in [2.24, 2.45) is 164 Å². The SMILES string of the molecule is C=C(C)[C@@H]1CC[C@]2(/C=C/C)CC[C@]3(C)C(CCC4[C@@]5(C)CC[C@@H](O)C(C)(C)C5CC[C@]43C)C12.C=C(C)[C@@H]1CC[C@]2(/C=C/C)CC[C@]3(C)C(CCC4[C@@]5(C)CC[C@H](O)C(C)(C)C5CC[C@]43C)C12.CC1(C)CC[C@]2(C)CC[C@]3(C)C(=CCC4[C@@]5(C)CC[C@H](OC(=O)c6ccccc6)C(C)(C)C5CC[C@]43C)C2C1. The second-order valence-electron chi connectivity index (χ2n) is 46.6. The van der Waals surface area contributed by atoms with E-state index in [2.05, 4.69) is 196 Å². The smallest absolute Gasteiger partial charge is 0.338 e. The molecule has 0 aliphatic heterocycles. The number of hydrogen-bond donors (Lipinski definition) is 2. The number of carbonyl (C=O) groups excluding carboxylic acids is 1. The Morgan fingerprint density at radius 3 is 1.34 bits per heavy atom. The lowest BCUT2D eigenvalue weighted by Gasteiger charge is -2.73. The van der Waals surface area contributed by atoms with Crippen molar-refractivity contribution in [3.8, 4) is 0 Å². The van der Waals surface area contributed by atoms with Gasteiger partial charge in [-0.2, -0.15) is 0 Å². The Hall–Kier alpha value is -2.69. The predicted molar refractivity (Wildman–Crippen MR) is 440 cm³/mol. The predicted octanol–water partition coefficient (Wildman–Crippen LogP) is 27.2. The number of aliphatic hydroxyl groups excluding tert-OH is 2. The van der Waals surface area contributed by atoms with E-state index in [0.29, 0.717) is 106 Å². The highest BCUT2D eigenvalue weighted by molar-refractivity contribution is 5.89. The summed E-state index contributed by atoms with van der Waals surface area (Å²) < 4.78 is 6.29. The maximum Gasteiger partial charge on any atom is 0.338 e. The number of hydrogen-bond acceptors (Lipinski definition) is 4. The number of esters is 1. The van der Waals surface area contributed by atoms with Gasteiger partial charge in [0, 0.05) is 5.41 Å². The number of allylic oxidation sites excluding steroid dienone is 8. The van der Waals surface area contributed by atoms with Gasteiger partial charge in [-0.15, -0.1) is 0 Å². The van der Waals surface area contributed by atoms with Crippen LogP contribution in [0.5, 0.6) is 0 Å². The first-order valence-electron chi connectivity index (χ1n) is 44.8. The summed E-state index contributed by atoms with van der Waals surface area (Å²) in [5.74, 6) is 9.45. The number of ether oxygens (including phenoxy) is 1. The molecule has 11 unspecified atom stereocenters. The van der Waals surface area contributed by atoms with E-state index in [1.807, 2.05) is 35.9 Å². The lowest BCUT2D eigenvalue weighted by molar-refractivity contribution is -0.244. The minimum absolute atomic E-state index is 0.0159. The van der Waals surface area contributed by atoms with Gasteiger partial charge in [0.2, 0.25) is 0 Å². The Kier molecular flexibility index (Phi) is 19.7. The molecule has 105 heavy (non-hydrogen) atoms. The Morgan fingerprint density at radius 2 is 0.876 bits per heavy atom. The summed E-state index contributed by atoms with van der Waals surface area (Å²) in [5, 5.41) is 21.9. The maximum absolute atomic E-state index is 13.1. The molecular weight excluding hydrogens is 1280 g/mol. The molecule has 0 saturated heterocycles. The second kappa shape index (κ2) is 26.2. The first-order chi connectivity index (χ1) is 48.9. The first-order valence-corrected chi connectivity index (χ1v) is 44.8. The van der Waals surface area contributed by atoms with Crippen LogP contribution in [-0.2, 0) is 4.74 Å². The molecule has 14 saturated carbocycles. The van der Waals surface area contributed by atoms with Crippen molar-refractivity contribution in [3.05, 3.63) is 96.2 Å². The van der Waals surface area contributed by atoms with E-state index in [1.54, 1.807) is 0 Å². The van der Waals surface area contributed by atoms with Crippen molar-refractivity contribution in [1.29, 1.82) is 0 Å². The van der Waals surface area contributed by atoms with Crippen molar-refractivity contribution in [2.75, 3.05) is 0 Å². The molecule has 586 valence electrons. The van der Waals surface area contributed by atoms with Crippen LogP contribution in [0.2, 0.25) is 0 Å². The van der Waals surface area contributed by atoms with E-state index in [4.69, 9.17) is 4.74 Å². The van der Waals surface area contributed by atoms with E-state index in [0.717, 1.165) is 60.7 Å². The standard InChI is InChI=1S/C37H54O2.2C32H52O/c1-32(2)20-21-34(5)22-23-36(7)26(27(34)24-32)14-15-29-35(6)18-17-30(39-31(38)25-12-10-9-11-13-25)33(3,4)28(35)16-19-37(29,36)8;2*1-9-15-32-18-12-22(21(2)3)27(32)23-10-11-25-29(6)16-14-26(33)28(4,5)24(29)13-17-31(25,8)30(23,7)19-20-32/h9-14,27-30H,15-24H2,1-8H3;2*9,15,22-27,33H,2,10-14,16-20H2,1,3-8H3/b;2*15-9+/t27?,28?,29?,30-,34+,35-,36+,37+;22-,23?,24?,25?,26+,27?,29-,30+,31+,32+;22-,23?,24?,25?,26-,27?,29-,30+,31+,32+/m000/s1. The lowest BCUT2D eigenvalue weighted by atomic mass is 9.32. The van der Waals surface area contributed by atoms with Crippen LogP contribution in [-0.4, -0.2) is 34.5 Å². The van der Waals surface area contributed by atoms with Crippen LogP contribution < -0.4 is 0 Å². The summed E-state index contributed by atoms with van der Waals surface area (Å²) in [6.07, 6.45) is 51.8. The molecule has 0 radical (unpaired) electrons. The summed E-state index contributed by atoms with van der Waals surface area (Å²) in [6.45, 7) is 64.4. The highest BCUT2D eigenvalue weighted by atomic mass is 16.5. The van der Waals surface area contributed by atoms with Gasteiger partial charge in [-0.25, -0.2) is 4.79 Å². The highest BCUT2D eigenvalue weighted by Gasteiger charge is 2.74. The normalized spacial score (nSPS) is 51.9. The van der Waals surface area contributed by atoms with Gasteiger partial charge in [0.25, 0.3) is 0 Å². The molecule has 14 fully saturated rings. The number of benzene rings is 1. The lowest BCUT2D eigenvalue weighted by Crippen LogP contribution is -2.66. The van der Waals surface area contributed by atoms with Gasteiger partial charge in [0.05, 0.1) is 17.8 Å². The molecule has 0 aromatic heterocycles. The average molecular weight is 1440 g/mol. The topological polar surface area (TPSA) is 66.8 Å². The summed E-state index contributed by atoms with van der Waals surface area (Å²) in [5.41, 5.74) is 10.7. The minimum atomic E-state index is -0.156. The zero-order valence-electron chi connectivity index (χ0n) is 71.8. The van der Waals surface area contributed by atoms with Gasteiger partial charge in [-0.05, 0) is 391 Å². The average Bonchev–Trinajstić information content (AvgIpc) is 1.66. The van der Waals surface area contributed by atoms with Gasteiger partial charge in [0.1, 0.15) is 6.10 Å². The molecule has 0 heterocycles. The Labute approximate surface area is 644 Å². The Balaban J connectivity index is 0.000000133. The third kappa shape index (κ3) is 11.2. The maximum atomic E-state index is 13.1. The molecule has 0 bridgehead atoms. The van der Waals surface area contributed by atoms with E-state index >= 15 is 0 Å². The van der Waals surface area contributed by atoms with Crippen molar-refractivity contribution >= 4 is 5.97 Å². The molecule has 0 spiro atoms. The third-order valence-electron chi connectivity index (χ3n) is 41.5. The molecular formula is C101H158O4. The number of rotatable bonds is 6. The molecule has 0 amide bonds. The van der Waals surface area contributed by atoms with Crippen LogP contribution in [0.3, 0.4) is 0 Å². The highest BCUT2D eigenvalue weighted by Crippen LogP contribution is 2.82. The fourth-order valence-corrected chi connectivity index (χ4v) is 35.1. The van der Waals surface area contributed by atoms with Gasteiger partial charge in [-0.1, -0.05) is 203 Å². The molecule has 28 atom stereocenters. The molecule has 16 rings (SSSR count). The summed E-state index contributed by atoms with van der Waals surface area (Å²) in [6, 6.07) is 9.57. The molecule has 4 heteroatoms. The van der Waals surface area contributed by atoms with Gasteiger partial charge < -0.3 is 14.9 Å². The van der Waals surface area contributed by atoms with Gasteiger partial charge >= 0.3 is 5.97 Å². The monoisotopic (exact) mass is 1440 g/mol. The van der Waals surface area contributed by atoms with Crippen molar-refractivity contribution < 1.29 is 19.7 Å².